The molecule has 0 atom stereocenters. The average molecular weight is 212 g/mol. The normalized spacial score (nSPS) is 15.4. The minimum atomic E-state index is -2.85. The van der Waals surface area contributed by atoms with E-state index in [1.807, 2.05) is 0 Å². The molecule has 2 rings (SSSR count). The van der Waals surface area contributed by atoms with Crippen LogP contribution in [0.3, 0.4) is 0 Å². The predicted octanol–water partition coefficient (Wildman–Crippen LogP) is 2.98. The lowest BCUT2D eigenvalue weighted by Gasteiger charge is -2.07. The number of rotatable bonds is 4. The highest BCUT2D eigenvalue weighted by Crippen LogP contribution is 2.41. The number of aldehydes is 1. The average Bonchev–Trinajstić information content (AvgIpc) is 2.99. The minimum Gasteiger partial charge on any atom is -0.435 e. The van der Waals surface area contributed by atoms with Gasteiger partial charge in [-0.05, 0) is 42.5 Å². The van der Waals surface area contributed by atoms with Crippen molar-refractivity contribution in [2.75, 3.05) is 0 Å². The molecule has 15 heavy (non-hydrogen) atoms. The van der Waals surface area contributed by atoms with Gasteiger partial charge >= 0.3 is 6.61 Å². The zero-order chi connectivity index (χ0) is 10.8. The van der Waals surface area contributed by atoms with Gasteiger partial charge in [-0.25, -0.2) is 0 Å². The Kier molecular flexibility index (Phi) is 2.66. The Labute approximate surface area is 85.9 Å². The minimum absolute atomic E-state index is 0.0662. The monoisotopic (exact) mass is 212 g/mol. The van der Waals surface area contributed by atoms with Crippen LogP contribution in [0, 0.1) is 0 Å². The van der Waals surface area contributed by atoms with Crippen molar-refractivity contribution >= 4 is 6.29 Å². The summed E-state index contributed by atoms with van der Waals surface area (Å²) in [5.41, 5.74) is 1.30. The van der Waals surface area contributed by atoms with Crippen LogP contribution in [0.4, 0.5) is 8.78 Å². The van der Waals surface area contributed by atoms with Gasteiger partial charge in [0.1, 0.15) is 12.0 Å². The number of ether oxygens (including phenoxy) is 1. The van der Waals surface area contributed by atoms with E-state index < -0.39 is 6.61 Å². The van der Waals surface area contributed by atoms with Crippen molar-refractivity contribution in [3.8, 4) is 5.75 Å². The number of carbonyl (C=O) groups excluding carboxylic acids is 1. The SMILES string of the molecule is O=Cc1cc(OC(F)F)cc(C2CC2)c1. The third-order valence-corrected chi connectivity index (χ3v) is 2.36. The summed E-state index contributed by atoms with van der Waals surface area (Å²) in [7, 11) is 0. The van der Waals surface area contributed by atoms with Gasteiger partial charge in [-0.15, -0.1) is 0 Å². The van der Waals surface area contributed by atoms with E-state index in [1.165, 1.54) is 6.07 Å². The van der Waals surface area contributed by atoms with Gasteiger partial charge in [0.25, 0.3) is 0 Å². The zero-order valence-electron chi connectivity index (χ0n) is 7.95. The molecule has 1 saturated carbocycles. The molecule has 0 unspecified atom stereocenters. The van der Waals surface area contributed by atoms with Crippen LogP contribution in [0.25, 0.3) is 0 Å². The summed E-state index contributed by atoms with van der Waals surface area (Å²) in [5, 5.41) is 0. The second-order valence-electron chi connectivity index (χ2n) is 3.61. The number of alkyl halides is 2. The van der Waals surface area contributed by atoms with Crippen LogP contribution in [0.15, 0.2) is 18.2 Å². The van der Waals surface area contributed by atoms with Gasteiger partial charge in [0, 0.05) is 5.56 Å². The number of benzene rings is 1. The maximum Gasteiger partial charge on any atom is 0.387 e. The van der Waals surface area contributed by atoms with Gasteiger partial charge in [-0.2, -0.15) is 8.78 Å². The molecular weight excluding hydrogens is 202 g/mol. The Morgan fingerprint density at radius 1 is 1.33 bits per heavy atom. The summed E-state index contributed by atoms with van der Waals surface area (Å²) >= 11 is 0. The quantitative estimate of drug-likeness (QED) is 0.717. The van der Waals surface area contributed by atoms with E-state index in [1.54, 1.807) is 12.1 Å². The van der Waals surface area contributed by atoms with E-state index in [2.05, 4.69) is 4.74 Å². The van der Waals surface area contributed by atoms with E-state index in [0.717, 1.165) is 18.4 Å². The molecule has 2 nitrogen and oxygen atoms in total. The van der Waals surface area contributed by atoms with Crippen LogP contribution >= 0.6 is 0 Å². The topological polar surface area (TPSA) is 26.3 Å². The van der Waals surface area contributed by atoms with Gasteiger partial charge in [-0.3, -0.25) is 4.79 Å². The first-order valence-electron chi connectivity index (χ1n) is 4.74. The second-order valence-corrected chi connectivity index (χ2v) is 3.61. The van der Waals surface area contributed by atoms with Crippen molar-refractivity contribution in [3.63, 3.8) is 0 Å². The first kappa shape index (κ1) is 10.1. The molecule has 0 aromatic heterocycles. The van der Waals surface area contributed by atoms with Gasteiger partial charge in [-0.1, -0.05) is 0 Å². The Balaban J connectivity index is 2.28. The van der Waals surface area contributed by atoms with Gasteiger partial charge in [0.05, 0.1) is 0 Å². The fourth-order valence-corrected chi connectivity index (χ4v) is 1.54. The fourth-order valence-electron chi connectivity index (χ4n) is 1.54. The van der Waals surface area contributed by atoms with Gasteiger partial charge < -0.3 is 4.74 Å². The van der Waals surface area contributed by atoms with E-state index in [9.17, 15) is 13.6 Å². The van der Waals surface area contributed by atoms with E-state index >= 15 is 0 Å². The first-order valence-corrected chi connectivity index (χ1v) is 4.74. The highest BCUT2D eigenvalue weighted by atomic mass is 19.3. The van der Waals surface area contributed by atoms with Crippen molar-refractivity contribution in [2.24, 2.45) is 0 Å². The van der Waals surface area contributed by atoms with Crippen molar-refractivity contribution in [1.82, 2.24) is 0 Å². The van der Waals surface area contributed by atoms with Crippen LogP contribution < -0.4 is 4.74 Å². The van der Waals surface area contributed by atoms with Crippen molar-refractivity contribution in [3.05, 3.63) is 29.3 Å². The molecule has 0 heterocycles. The molecule has 0 N–H and O–H groups in total. The van der Waals surface area contributed by atoms with Crippen LogP contribution in [0.5, 0.6) is 5.75 Å². The highest BCUT2D eigenvalue weighted by molar-refractivity contribution is 5.76. The predicted molar refractivity (Wildman–Crippen MR) is 50.4 cm³/mol. The summed E-state index contributed by atoms with van der Waals surface area (Å²) in [5.74, 6) is 0.474. The summed E-state index contributed by atoms with van der Waals surface area (Å²) in [6.45, 7) is -2.85. The van der Waals surface area contributed by atoms with E-state index in [4.69, 9.17) is 0 Å². The van der Waals surface area contributed by atoms with E-state index in [0.29, 0.717) is 17.8 Å². The van der Waals surface area contributed by atoms with Crippen LogP contribution in [0.2, 0.25) is 0 Å². The molecule has 0 aliphatic heterocycles. The summed E-state index contributed by atoms with van der Waals surface area (Å²) < 4.78 is 28.3. The molecule has 1 aliphatic carbocycles. The summed E-state index contributed by atoms with van der Waals surface area (Å²) in [6, 6.07) is 4.63. The highest BCUT2D eigenvalue weighted by Gasteiger charge is 2.24. The molecule has 0 bridgehead atoms. The molecule has 4 heteroatoms. The first-order chi connectivity index (χ1) is 7.19. The molecule has 80 valence electrons. The molecule has 1 aromatic carbocycles. The standard InChI is InChI=1S/C11H10F2O2/c12-11(13)15-10-4-7(6-14)3-9(5-10)8-1-2-8/h3-6,8,11H,1-2H2. The van der Waals surface area contributed by atoms with Crippen LogP contribution in [0.1, 0.15) is 34.7 Å². The molecule has 0 spiro atoms. The Hall–Kier alpha value is -1.45. The smallest absolute Gasteiger partial charge is 0.387 e. The maximum absolute atomic E-state index is 12.0. The molecule has 0 saturated heterocycles. The van der Waals surface area contributed by atoms with Gasteiger partial charge in [0.15, 0.2) is 0 Å². The summed E-state index contributed by atoms with van der Waals surface area (Å²) in [4.78, 5) is 10.6. The lowest BCUT2D eigenvalue weighted by molar-refractivity contribution is -0.0499. The Bertz CT molecular complexity index is 373. The second kappa shape index (κ2) is 3.96. The largest absolute Gasteiger partial charge is 0.435 e. The molecule has 1 aliphatic rings. The lowest BCUT2D eigenvalue weighted by atomic mass is 10.1. The molecule has 0 amide bonds. The van der Waals surface area contributed by atoms with Crippen LogP contribution in [-0.4, -0.2) is 12.9 Å². The molecule has 0 radical (unpaired) electrons. The van der Waals surface area contributed by atoms with Crippen molar-refractivity contribution in [1.29, 1.82) is 0 Å². The fraction of sp³-hybridized carbons (Fsp3) is 0.364. The lowest BCUT2D eigenvalue weighted by Crippen LogP contribution is -2.02. The third kappa shape index (κ3) is 2.52. The number of halogens is 2. The number of hydrogen-bond acceptors (Lipinski definition) is 2. The zero-order valence-corrected chi connectivity index (χ0v) is 7.95. The van der Waals surface area contributed by atoms with Crippen LogP contribution in [-0.2, 0) is 0 Å². The molecule has 1 aromatic rings. The van der Waals surface area contributed by atoms with Crippen molar-refractivity contribution < 1.29 is 18.3 Å². The Morgan fingerprint density at radius 3 is 2.60 bits per heavy atom. The van der Waals surface area contributed by atoms with E-state index in [-0.39, 0.29) is 5.75 Å². The summed E-state index contributed by atoms with van der Waals surface area (Å²) in [6.07, 6.45) is 2.75. The molecular formula is C11H10F2O2. The van der Waals surface area contributed by atoms with Gasteiger partial charge in [0.2, 0.25) is 0 Å². The Morgan fingerprint density at radius 2 is 2.07 bits per heavy atom. The van der Waals surface area contributed by atoms with Crippen molar-refractivity contribution in [2.45, 2.75) is 25.4 Å². The molecule has 1 fully saturated rings. The maximum atomic E-state index is 12.0. The number of carbonyl (C=O) groups is 1. The third-order valence-electron chi connectivity index (χ3n) is 2.36. The number of hydrogen-bond donors (Lipinski definition) is 0.